The quantitative estimate of drug-likeness (QED) is 0.133. The lowest BCUT2D eigenvalue weighted by molar-refractivity contribution is -0.122. The van der Waals surface area contributed by atoms with Crippen LogP contribution in [0.15, 0.2) is 5.11 Å². The van der Waals surface area contributed by atoms with Gasteiger partial charge in [0.2, 0.25) is 5.91 Å². The summed E-state index contributed by atoms with van der Waals surface area (Å²) in [7, 11) is 0. The smallest absolute Gasteiger partial charge is 0.242 e. The van der Waals surface area contributed by atoms with Gasteiger partial charge in [-0.3, -0.25) is 10.2 Å². The molecule has 0 radical (unpaired) electrons. The summed E-state index contributed by atoms with van der Waals surface area (Å²) in [5.74, 6) is 4.23. The van der Waals surface area contributed by atoms with E-state index in [4.69, 9.17) is 11.4 Å². The lowest BCUT2D eigenvalue weighted by atomic mass is 10.3. The summed E-state index contributed by atoms with van der Waals surface area (Å²) in [5.41, 5.74) is 9.66. The monoisotopic (exact) mass is 129 g/mol. The molecular weight excluding hydrogens is 122 g/mol. The molecule has 0 heterocycles. The summed E-state index contributed by atoms with van der Waals surface area (Å²) >= 11 is 0. The molecule has 0 bridgehead atoms. The van der Waals surface area contributed by atoms with Gasteiger partial charge in [0.25, 0.3) is 0 Å². The van der Waals surface area contributed by atoms with E-state index in [0.29, 0.717) is 0 Å². The normalized spacial score (nSPS) is 11.3. The van der Waals surface area contributed by atoms with Crippen LogP contribution in [0.1, 0.15) is 6.92 Å². The molecule has 0 rings (SSSR count). The molecule has 1 unspecified atom stereocenters. The van der Waals surface area contributed by atoms with Gasteiger partial charge in [0.15, 0.2) is 0 Å². The van der Waals surface area contributed by atoms with Gasteiger partial charge in [-0.1, -0.05) is 5.11 Å². The summed E-state index contributed by atoms with van der Waals surface area (Å²) in [6, 6.07) is -0.736. The van der Waals surface area contributed by atoms with Crippen molar-refractivity contribution in [3.8, 4) is 0 Å². The van der Waals surface area contributed by atoms with Crippen molar-refractivity contribution in [1.82, 2.24) is 5.43 Å². The molecule has 0 aliphatic carbocycles. The molecule has 1 atom stereocenters. The second-order valence-electron chi connectivity index (χ2n) is 1.39. The summed E-state index contributed by atoms with van der Waals surface area (Å²) in [4.78, 5) is 12.8. The molecule has 0 aromatic rings. The fourth-order valence-electron chi connectivity index (χ4n) is 0.250. The number of amides is 1. The van der Waals surface area contributed by atoms with Gasteiger partial charge in [-0.25, -0.2) is 5.84 Å². The number of nitrogens with zero attached hydrogens (tertiary/aromatic N) is 3. The van der Waals surface area contributed by atoms with Gasteiger partial charge in [0, 0.05) is 4.91 Å². The molecule has 0 aliphatic rings. The zero-order valence-corrected chi connectivity index (χ0v) is 4.90. The number of hydrogen-bond donors (Lipinski definition) is 2. The largest absolute Gasteiger partial charge is 0.294 e. The van der Waals surface area contributed by atoms with Crippen LogP contribution in [-0.4, -0.2) is 11.9 Å². The first-order valence-electron chi connectivity index (χ1n) is 2.27. The van der Waals surface area contributed by atoms with E-state index in [2.05, 4.69) is 10.0 Å². The first-order chi connectivity index (χ1) is 4.22. The Morgan fingerprint density at radius 2 is 2.56 bits per heavy atom. The van der Waals surface area contributed by atoms with Crippen molar-refractivity contribution in [2.24, 2.45) is 11.0 Å². The number of carbonyl (C=O) groups excluding carboxylic acids is 1. The van der Waals surface area contributed by atoms with E-state index in [1.165, 1.54) is 6.92 Å². The van der Waals surface area contributed by atoms with E-state index in [0.717, 1.165) is 0 Å². The van der Waals surface area contributed by atoms with Crippen LogP contribution >= 0.6 is 0 Å². The van der Waals surface area contributed by atoms with Crippen molar-refractivity contribution >= 4 is 5.91 Å². The standard InChI is InChI=1S/C3H7N5O/c1-2(7-8-5)3(9)6-4/h2H,4H2,1H3,(H,6,9). The van der Waals surface area contributed by atoms with E-state index in [1.54, 1.807) is 0 Å². The number of nitrogens with two attached hydrogens (primary N) is 1. The van der Waals surface area contributed by atoms with Gasteiger partial charge in [0.05, 0.1) is 0 Å². The van der Waals surface area contributed by atoms with Crippen molar-refractivity contribution in [1.29, 1.82) is 0 Å². The molecule has 0 saturated heterocycles. The average molecular weight is 129 g/mol. The Kier molecular flexibility index (Phi) is 3.19. The van der Waals surface area contributed by atoms with Crippen LogP contribution in [0.25, 0.3) is 10.4 Å². The SMILES string of the molecule is CC(N=[N+]=[N-])C(=O)NN. The fraction of sp³-hybridized carbons (Fsp3) is 0.667. The van der Waals surface area contributed by atoms with Crippen LogP contribution in [0.2, 0.25) is 0 Å². The number of hydrogen-bond acceptors (Lipinski definition) is 3. The average Bonchev–Trinajstić information content (AvgIpc) is 1.87. The van der Waals surface area contributed by atoms with Crippen LogP contribution in [-0.2, 0) is 4.79 Å². The number of rotatable bonds is 2. The first kappa shape index (κ1) is 7.74. The van der Waals surface area contributed by atoms with E-state index >= 15 is 0 Å². The Morgan fingerprint density at radius 3 is 2.89 bits per heavy atom. The molecule has 50 valence electrons. The molecule has 0 spiro atoms. The first-order valence-corrected chi connectivity index (χ1v) is 2.27. The van der Waals surface area contributed by atoms with Crippen molar-refractivity contribution in [3.63, 3.8) is 0 Å². The Balaban J connectivity index is 3.87. The second kappa shape index (κ2) is 3.71. The fourth-order valence-corrected chi connectivity index (χ4v) is 0.250. The number of hydrazine groups is 1. The minimum Gasteiger partial charge on any atom is -0.294 e. The van der Waals surface area contributed by atoms with Crippen molar-refractivity contribution < 1.29 is 4.79 Å². The third-order valence-electron chi connectivity index (χ3n) is 0.747. The zero-order chi connectivity index (χ0) is 7.28. The predicted octanol–water partition coefficient (Wildman–Crippen LogP) is -0.325. The molecule has 0 aromatic heterocycles. The number of azide groups is 1. The maximum atomic E-state index is 10.4. The lowest BCUT2D eigenvalue weighted by Gasteiger charge is -1.98. The van der Waals surface area contributed by atoms with Crippen LogP contribution in [0.5, 0.6) is 0 Å². The molecule has 0 fully saturated rings. The van der Waals surface area contributed by atoms with E-state index in [1.807, 2.05) is 5.43 Å². The van der Waals surface area contributed by atoms with Gasteiger partial charge >= 0.3 is 0 Å². The molecule has 6 nitrogen and oxygen atoms in total. The molecule has 6 heteroatoms. The van der Waals surface area contributed by atoms with Gasteiger partial charge < -0.3 is 0 Å². The zero-order valence-electron chi connectivity index (χ0n) is 4.90. The third kappa shape index (κ3) is 2.53. The van der Waals surface area contributed by atoms with Crippen LogP contribution in [0, 0.1) is 0 Å². The van der Waals surface area contributed by atoms with E-state index < -0.39 is 11.9 Å². The minimum absolute atomic E-state index is 0.493. The highest BCUT2D eigenvalue weighted by Gasteiger charge is 2.06. The maximum Gasteiger partial charge on any atom is 0.242 e. The summed E-state index contributed by atoms with van der Waals surface area (Å²) in [6.07, 6.45) is 0. The molecular formula is C3H7N5O. The van der Waals surface area contributed by atoms with Crippen molar-refractivity contribution in [2.45, 2.75) is 13.0 Å². The minimum atomic E-state index is -0.736. The van der Waals surface area contributed by atoms with Crippen LogP contribution in [0.3, 0.4) is 0 Å². The topological polar surface area (TPSA) is 104 Å². The molecule has 1 amide bonds. The highest BCUT2D eigenvalue weighted by molar-refractivity contribution is 5.80. The number of carbonyl (C=O) groups is 1. The molecule has 3 N–H and O–H groups in total. The number of nitrogens with one attached hydrogen (secondary N) is 1. The Morgan fingerprint density at radius 1 is 2.00 bits per heavy atom. The van der Waals surface area contributed by atoms with E-state index in [-0.39, 0.29) is 0 Å². The van der Waals surface area contributed by atoms with E-state index in [9.17, 15) is 4.79 Å². The summed E-state index contributed by atoms with van der Waals surface area (Å²) in [6.45, 7) is 1.45. The molecule has 0 saturated carbocycles. The van der Waals surface area contributed by atoms with Crippen LogP contribution < -0.4 is 11.3 Å². The van der Waals surface area contributed by atoms with Gasteiger partial charge in [-0.2, -0.15) is 0 Å². The third-order valence-corrected chi connectivity index (χ3v) is 0.747. The second-order valence-corrected chi connectivity index (χ2v) is 1.39. The Bertz CT molecular complexity index is 148. The Hall–Kier alpha value is -1.26. The molecule has 9 heavy (non-hydrogen) atoms. The summed E-state index contributed by atoms with van der Waals surface area (Å²) in [5, 5.41) is 3.08. The van der Waals surface area contributed by atoms with Gasteiger partial charge in [0.1, 0.15) is 6.04 Å². The maximum absolute atomic E-state index is 10.4. The molecule has 0 aromatic carbocycles. The highest BCUT2D eigenvalue weighted by Crippen LogP contribution is 1.86. The lowest BCUT2D eigenvalue weighted by Crippen LogP contribution is -2.36. The predicted molar refractivity (Wildman–Crippen MR) is 30.9 cm³/mol. The van der Waals surface area contributed by atoms with Gasteiger partial charge in [-0.15, -0.1) is 0 Å². The summed E-state index contributed by atoms with van der Waals surface area (Å²) < 4.78 is 0. The van der Waals surface area contributed by atoms with Crippen LogP contribution in [0.4, 0.5) is 0 Å². The van der Waals surface area contributed by atoms with Crippen molar-refractivity contribution in [3.05, 3.63) is 10.4 Å². The van der Waals surface area contributed by atoms with Gasteiger partial charge in [-0.05, 0) is 12.5 Å². The highest BCUT2D eigenvalue weighted by atomic mass is 16.2. The molecule has 0 aliphatic heterocycles. The van der Waals surface area contributed by atoms with Crippen molar-refractivity contribution in [2.75, 3.05) is 0 Å². The Labute approximate surface area is 51.6 Å².